The van der Waals surface area contributed by atoms with Crippen molar-refractivity contribution in [3.63, 3.8) is 0 Å². The summed E-state index contributed by atoms with van der Waals surface area (Å²) in [6, 6.07) is 0.859. The van der Waals surface area contributed by atoms with Gasteiger partial charge in [0.25, 0.3) is 0 Å². The molecule has 5 aliphatic rings. The number of halogens is 6. The zero-order valence-electron chi connectivity index (χ0n) is 24.5. The number of nitrogens with one attached hydrogen (secondary N) is 1. The van der Waals surface area contributed by atoms with Crippen molar-refractivity contribution < 1.29 is 31.4 Å². The van der Waals surface area contributed by atoms with Gasteiger partial charge in [-0.3, -0.25) is 4.90 Å². The van der Waals surface area contributed by atoms with Crippen LogP contribution in [0.4, 0.5) is 33.6 Å². The van der Waals surface area contributed by atoms with Gasteiger partial charge >= 0.3 is 12.2 Å². The van der Waals surface area contributed by atoms with Crippen molar-refractivity contribution >= 4 is 34.1 Å². The molecule has 0 spiro atoms. The number of aromatic nitrogens is 3. The van der Waals surface area contributed by atoms with Gasteiger partial charge in [-0.25, -0.2) is 13.8 Å². The lowest BCUT2D eigenvalue weighted by Crippen LogP contribution is -2.62. The van der Waals surface area contributed by atoms with E-state index >= 15 is 4.39 Å². The van der Waals surface area contributed by atoms with E-state index in [0.29, 0.717) is 25.3 Å². The standard InChI is InChI=1S/C30H31ClF5N7O2/c1-12-7-17(37)39-23(20(12)30(34,35)36)18-21(31)26-19-24(22(18)33)40-28(44-11-29-5-6-42(29)9-14(32)8-29)41-27(19)43-10-15-3-4-16(38-15)25(43)13(2)45-26/h7,13-16,25,38H,3-6,8-11H2,1-2H3,(H2,37,39)/t13-,14+,15+,16-,25+,29?/m0/s1. The number of nitrogens with two attached hydrogens (primary N) is 1. The summed E-state index contributed by atoms with van der Waals surface area (Å²) in [5.41, 5.74) is 2.29. The van der Waals surface area contributed by atoms with E-state index in [1.165, 1.54) is 6.92 Å². The molecule has 4 saturated heterocycles. The Morgan fingerprint density at radius 3 is 2.73 bits per heavy atom. The largest absolute Gasteiger partial charge is 0.486 e. The minimum atomic E-state index is -4.90. The lowest BCUT2D eigenvalue weighted by Gasteiger charge is -2.47. The summed E-state index contributed by atoms with van der Waals surface area (Å²) in [5, 5.41) is 3.38. The highest BCUT2D eigenvalue weighted by Gasteiger charge is 2.53. The first-order valence-electron chi connectivity index (χ1n) is 15.1. The summed E-state index contributed by atoms with van der Waals surface area (Å²) >= 11 is 6.84. The van der Waals surface area contributed by atoms with E-state index in [-0.39, 0.29) is 63.8 Å². The molecule has 1 unspecified atom stereocenters. The monoisotopic (exact) mass is 651 g/mol. The van der Waals surface area contributed by atoms with Gasteiger partial charge in [0, 0.05) is 38.1 Å². The Kier molecular flexibility index (Phi) is 6.41. The second-order valence-electron chi connectivity index (χ2n) is 13.0. The molecule has 0 saturated carbocycles. The number of piperazine rings is 1. The fourth-order valence-electron chi connectivity index (χ4n) is 8.21. The highest BCUT2D eigenvalue weighted by Crippen LogP contribution is 2.52. The molecule has 9 nitrogen and oxygen atoms in total. The molecular formula is C30H31ClF5N7O2. The summed E-state index contributed by atoms with van der Waals surface area (Å²) in [4.78, 5) is 17.2. The lowest BCUT2D eigenvalue weighted by molar-refractivity contribution is -0.137. The van der Waals surface area contributed by atoms with Crippen molar-refractivity contribution in [2.24, 2.45) is 0 Å². The molecule has 15 heteroatoms. The molecule has 45 heavy (non-hydrogen) atoms. The summed E-state index contributed by atoms with van der Waals surface area (Å²) in [6.45, 7) is 4.78. The number of hydrogen-bond acceptors (Lipinski definition) is 9. The maximum absolute atomic E-state index is 16.9. The summed E-state index contributed by atoms with van der Waals surface area (Å²) in [6.07, 6.45) is -3.53. The van der Waals surface area contributed by atoms with Crippen LogP contribution in [-0.4, -0.2) is 82.0 Å². The quantitative estimate of drug-likeness (QED) is 0.376. The van der Waals surface area contributed by atoms with E-state index in [4.69, 9.17) is 31.8 Å². The summed E-state index contributed by atoms with van der Waals surface area (Å²) in [5.74, 6) is -1.06. The Balaban J connectivity index is 1.36. The van der Waals surface area contributed by atoms with Gasteiger partial charge in [-0.15, -0.1) is 0 Å². The second kappa shape index (κ2) is 9.88. The van der Waals surface area contributed by atoms with Gasteiger partial charge in [0.05, 0.1) is 38.8 Å². The third-order valence-corrected chi connectivity index (χ3v) is 10.6. The molecule has 240 valence electrons. The zero-order chi connectivity index (χ0) is 31.6. The fraction of sp³-hybridized carbons (Fsp3) is 0.567. The molecule has 0 amide bonds. The second-order valence-corrected chi connectivity index (χ2v) is 13.4. The van der Waals surface area contributed by atoms with Crippen LogP contribution in [0, 0.1) is 12.7 Å². The van der Waals surface area contributed by atoms with Crippen LogP contribution in [-0.2, 0) is 6.18 Å². The van der Waals surface area contributed by atoms with E-state index in [2.05, 4.69) is 20.2 Å². The average molecular weight is 652 g/mol. The van der Waals surface area contributed by atoms with Gasteiger partial charge in [0.2, 0.25) is 0 Å². The number of rotatable bonds is 4. The number of fused-ring (bicyclic) bond motifs is 6. The van der Waals surface area contributed by atoms with Crippen LogP contribution in [0.5, 0.6) is 11.8 Å². The maximum Gasteiger partial charge on any atom is 0.418 e. The molecule has 1 aromatic carbocycles. The highest BCUT2D eigenvalue weighted by atomic mass is 35.5. The van der Waals surface area contributed by atoms with E-state index in [9.17, 15) is 17.6 Å². The number of benzene rings is 1. The first-order chi connectivity index (χ1) is 21.3. The zero-order valence-corrected chi connectivity index (χ0v) is 25.3. The van der Waals surface area contributed by atoms with Crippen LogP contribution >= 0.6 is 11.6 Å². The van der Waals surface area contributed by atoms with Crippen molar-refractivity contribution in [3.05, 3.63) is 28.0 Å². The molecule has 4 fully saturated rings. The van der Waals surface area contributed by atoms with Gasteiger partial charge in [0.15, 0.2) is 11.6 Å². The first kappa shape index (κ1) is 29.2. The van der Waals surface area contributed by atoms with Crippen LogP contribution in [0.15, 0.2) is 6.07 Å². The Morgan fingerprint density at radius 2 is 2.02 bits per heavy atom. The predicted octanol–water partition coefficient (Wildman–Crippen LogP) is 5.05. The predicted molar refractivity (Wildman–Crippen MR) is 157 cm³/mol. The van der Waals surface area contributed by atoms with E-state index in [0.717, 1.165) is 31.9 Å². The molecule has 0 radical (unpaired) electrons. The van der Waals surface area contributed by atoms with Crippen LogP contribution in [0.1, 0.15) is 43.7 Å². The molecule has 0 aliphatic carbocycles. The number of pyridine rings is 1. The molecule has 2 aromatic heterocycles. The van der Waals surface area contributed by atoms with Gasteiger partial charge < -0.3 is 25.4 Å². The number of ether oxygens (including phenoxy) is 2. The molecule has 3 aromatic rings. The molecule has 7 heterocycles. The molecule has 2 bridgehead atoms. The number of aryl methyl sites for hydroxylation is 1. The molecule has 8 rings (SSSR count). The Bertz CT molecular complexity index is 1740. The molecule has 5 aliphatic heterocycles. The molecular weight excluding hydrogens is 621 g/mol. The van der Waals surface area contributed by atoms with Crippen molar-refractivity contribution in [2.45, 2.75) is 81.6 Å². The molecule has 3 N–H and O–H groups in total. The van der Waals surface area contributed by atoms with Crippen LogP contribution in [0.3, 0.4) is 0 Å². The number of anilines is 2. The fourth-order valence-corrected chi connectivity index (χ4v) is 8.52. The number of nitrogen functional groups attached to an aromatic ring is 1. The Hall–Kier alpha value is -3.23. The maximum atomic E-state index is 16.9. The number of hydrogen-bond donors (Lipinski definition) is 2. The Labute approximate surface area is 260 Å². The molecule has 6 atom stereocenters. The number of nitrogens with zero attached hydrogens (tertiary/aromatic N) is 5. The van der Waals surface area contributed by atoms with E-state index in [1.54, 1.807) is 0 Å². The smallest absolute Gasteiger partial charge is 0.418 e. The SMILES string of the molecule is Cc1cc(N)nc(-c2c(Cl)c3c4c(nc(OCC56CCN5C[C@H](F)C6)nc4c2F)N2C[C@H]4CC[C@H](N4)[C@H]2[C@H](C)O3)c1C(F)(F)F. The van der Waals surface area contributed by atoms with Crippen LogP contribution in [0.2, 0.25) is 5.02 Å². The first-order valence-corrected chi connectivity index (χ1v) is 15.5. The van der Waals surface area contributed by atoms with Gasteiger partial charge in [-0.1, -0.05) is 11.6 Å². The Morgan fingerprint density at radius 1 is 1.22 bits per heavy atom. The number of alkyl halides is 4. The van der Waals surface area contributed by atoms with E-state index in [1.807, 2.05) is 11.8 Å². The minimum Gasteiger partial charge on any atom is -0.486 e. The van der Waals surface area contributed by atoms with Gasteiger partial charge in [-0.05, 0) is 44.7 Å². The highest BCUT2D eigenvalue weighted by molar-refractivity contribution is 6.36. The van der Waals surface area contributed by atoms with Gasteiger partial charge in [-0.2, -0.15) is 23.1 Å². The third-order valence-electron chi connectivity index (χ3n) is 10.2. The third kappa shape index (κ3) is 4.34. The van der Waals surface area contributed by atoms with Crippen molar-refractivity contribution in [1.29, 1.82) is 0 Å². The topological polar surface area (TPSA) is 102 Å². The summed E-state index contributed by atoms with van der Waals surface area (Å²) < 4.78 is 87.0. The van der Waals surface area contributed by atoms with Crippen LogP contribution < -0.4 is 25.4 Å². The summed E-state index contributed by atoms with van der Waals surface area (Å²) in [7, 11) is 0. The van der Waals surface area contributed by atoms with Crippen molar-refractivity contribution in [2.75, 3.05) is 36.9 Å². The minimum absolute atomic E-state index is 0.0304. The van der Waals surface area contributed by atoms with Crippen LogP contribution in [0.25, 0.3) is 22.2 Å². The average Bonchev–Trinajstić information content (AvgIpc) is 3.39. The normalized spacial score (nSPS) is 30.5. The van der Waals surface area contributed by atoms with E-state index < -0.39 is 46.6 Å². The van der Waals surface area contributed by atoms with Crippen molar-refractivity contribution in [1.82, 2.24) is 25.2 Å². The lowest BCUT2D eigenvalue weighted by atomic mass is 9.86. The van der Waals surface area contributed by atoms with Crippen molar-refractivity contribution in [3.8, 4) is 23.0 Å². The van der Waals surface area contributed by atoms with Gasteiger partial charge in [0.1, 0.15) is 36.0 Å².